The van der Waals surface area contributed by atoms with Gasteiger partial charge < -0.3 is 20.3 Å². The Kier molecular flexibility index (Phi) is 7.40. The highest BCUT2D eigenvalue weighted by molar-refractivity contribution is 6.27. The Morgan fingerprint density at radius 1 is 1.10 bits per heavy atom. The van der Waals surface area contributed by atoms with Gasteiger partial charge in [0.25, 0.3) is 0 Å². The number of carboxylic acid groups (broad SMARTS) is 2. The molecule has 0 unspecified atom stereocenters. The van der Waals surface area contributed by atoms with Gasteiger partial charge in [-0.2, -0.15) is 5.10 Å². The number of nitrogens with zero attached hydrogens (tertiary/aromatic N) is 2. The van der Waals surface area contributed by atoms with Crippen molar-refractivity contribution >= 4 is 11.9 Å². The summed E-state index contributed by atoms with van der Waals surface area (Å²) in [7, 11) is 1.70. The summed E-state index contributed by atoms with van der Waals surface area (Å²) >= 11 is 0. The highest BCUT2D eigenvalue weighted by Crippen LogP contribution is 2.27. The van der Waals surface area contributed by atoms with E-state index in [0.29, 0.717) is 6.04 Å². The molecule has 0 saturated heterocycles. The Balaban J connectivity index is 0.000000401. The maximum Gasteiger partial charge on any atom is 0.414 e. The van der Waals surface area contributed by atoms with Gasteiger partial charge >= 0.3 is 11.9 Å². The molecule has 0 radical (unpaired) electrons. The van der Waals surface area contributed by atoms with E-state index in [0.717, 1.165) is 30.1 Å². The van der Waals surface area contributed by atoms with Gasteiger partial charge in [-0.05, 0) is 30.5 Å². The number of carbonyl (C=O) groups is 2. The summed E-state index contributed by atoms with van der Waals surface area (Å²) in [6.45, 7) is 1.63. The number of aromatic nitrogens is 2. The quantitative estimate of drug-likeness (QED) is 0.501. The van der Waals surface area contributed by atoms with E-state index in [2.05, 4.69) is 47.9 Å². The second kappa shape index (κ2) is 10.4. The fourth-order valence-corrected chi connectivity index (χ4v) is 3.00. The molecule has 0 bridgehead atoms. The van der Waals surface area contributed by atoms with E-state index in [-0.39, 0.29) is 0 Å². The highest BCUT2D eigenvalue weighted by Gasteiger charge is 2.21. The fraction of sp³-hybridized carbons (Fsp3) is 0.261. The van der Waals surface area contributed by atoms with Crippen molar-refractivity contribution in [1.29, 1.82) is 0 Å². The zero-order valence-corrected chi connectivity index (χ0v) is 17.2. The number of carboxylic acids is 2. The minimum Gasteiger partial charge on any atom is -0.497 e. The SMILES string of the molecule is COc1cccc(-c2nn(Cc3ccccc3)cc2CNC2CC2)c1.O=C(O)C(=O)O. The molecule has 1 heterocycles. The van der Waals surface area contributed by atoms with Crippen molar-refractivity contribution in [3.05, 3.63) is 71.9 Å². The number of nitrogens with one attached hydrogen (secondary N) is 1. The third-order valence-electron chi connectivity index (χ3n) is 4.71. The summed E-state index contributed by atoms with van der Waals surface area (Å²) < 4.78 is 7.41. The minimum atomic E-state index is -1.82. The van der Waals surface area contributed by atoms with Gasteiger partial charge in [-0.1, -0.05) is 42.5 Å². The van der Waals surface area contributed by atoms with Crippen molar-refractivity contribution in [2.24, 2.45) is 0 Å². The second-order valence-electron chi connectivity index (χ2n) is 7.18. The molecule has 1 aromatic heterocycles. The van der Waals surface area contributed by atoms with Crippen LogP contribution in [-0.2, 0) is 22.7 Å². The third kappa shape index (κ3) is 6.68. The largest absolute Gasteiger partial charge is 0.497 e. The maximum atomic E-state index is 9.10. The molecular formula is C23H25N3O5. The van der Waals surface area contributed by atoms with Gasteiger partial charge in [-0.25, -0.2) is 9.59 Å². The Bertz CT molecular complexity index is 1020. The van der Waals surface area contributed by atoms with Crippen LogP contribution in [-0.4, -0.2) is 45.1 Å². The van der Waals surface area contributed by atoms with Crippen LogP contribution in [0.3, 0.4) is 0 Å². The molecule has 162 valence electrons. The molecule has 0 amide bonds. The Labute approximate surface area is 180 Å². The van der Waals surface area contributed by atoms with Crippen molar-refractivity contribution in [3.63, 3.8) is 0 Å². The van der Waals surface area contributed by atoms with Crippen LogP contribution < -0.4 is 10.1 Å². The average molecular weight is 423 g/mol. The van der Waals surface area contributed by atoms with Crippen LogP contribution in [0.5, 0.6) is 5.75 Å². The first-order chi connectivity index (χ1) is 15.0. The lowest BCUT2D eigenvalue weighted by atomic mass is 10.1. The molecular weight excluding hydrogens is 398 g/mol. The van der Waals surface area contributed by atoms with E-state index >= 15 is 0 Å². The molecule has 8 heteroatoms. The number of benzene rings is 2. The zero-order chi connectivity index (χ0) is 22.2. The summed E-state index contributed by atoms with van der Waals surface area (Å²) in [6.07, 6.45) is 4.73. The van der Waals surface area contributed by atoms with Crippen molar-refractivity contribution in [2.75, 3.05) is 7.11 Å². The molecule has 2 aromatic carbocycles. The molecule has 3 aromatic rings. The molecule has 31 heavy (non-hydrogen) atoms. The van der Waals surface area contributed by atoms with Crippen molar-refractivity contribution in [3.8, 4) is 17.0 Å². The molecule has 0 spiro atoms. The summed E-state index contributed by atoms with van der Waals surface area (Å²) in [5, 5.41) is 23.3. The minimum absolute atomic E-state index is 0.677. The lowest BCUT2D eigenvalue weighted by Crippen LogP contribution is -2.15. The summed E-state index contributed by atoms with van der Waals surface area (Å²) in [5.74, 6) is -2.79. The first kappa shape index (κ1) is 22.0. The molecule has 1 aliphatic carbocycles. The van der Waals surface area contributed by atoms with Crippen LogP contribution in [0.4, 0.5) is 0 Å². The van der Waals surface area contributed by atoms with Crippen LogP contribution in [0, 0.1) is 0 Å². The van der Waals surface area contributed by atoms with Crippen molar-refractivity contribution in [2.45, 2.75) is 32.0 Å². The normalized spacial score (nSPS) is 12.5. The number of hydrogen-bond acceptors (Lipinski definition) is 5. The smallest absolute Gasteiger partial charge is 0.414 e. The van der Waals surface area contributed by atoms with E-state index in [4.69, 9.17) is 29.6 Å². The Morgan fingerprint density at radius 2 is 1.81 bits per heavy atom. The first-order valence-electron chi connectivity index (χ1n) is 9.90. The predicted octanol–water partition coefficient (Wildman–Crippen LogP) is 3.01. The van der Waals surface area contributed by atoms with Gasteiger partial charge in [0.05, 0.1) is 19.3 Å². The second-order valence-corrected chi connectivity index (χ2v) is 7.18. The lowest BCUT2D eigenvalue weighted by Gasteiger charge is -2.05. The summed E-state index contributed by atoms with van der Waals surface area (Å²) in [4.78, 5) is 18.2. The van der Waals surface area contributed by atoms with Crippen LogP contribution in [0.2, 0.25) is 0 Å². The molecule has 4 rings (SSSR count). The number of ether oxygens (including phenoxy) is 1. The Morgan fingerprint density at radius 3 is 2.42 bits per heavy atom. The van der Waals surface area contributed by atoms with E-state index in [9.17, 15) is 0 Å². The van der Waals surface area contributed by atoms with Gasteiger partial charge in [0, 0.05) is 29.9 Å². The third-order valence-corrected chi connectivity index (χ3v) is 4.71. The summed E-state index contributed by atoms with van der Waals surface area (Å²) in [6, 6.07) is 19.2. The van der Waals surface area contributed by atoms with E-state index in [1.165, 1.54) is 24.0 Å². The number of hydrogen-bond donors (Lipinski definition) is 3. The summed E-state index contributed by atoms with van der Waals surface area (Å²) in [5.41, 5.74) is 4.61. The molecule has 1 saturated carbocycles. The first-order valence-corrected chi connectivity index (χ1v) is 9.90. The van der Waals surface area contributed by atoms with E-state index in [1.54, 1.807) is 7.11 Å². The number of rotatable bonds is 7. The average Bonchev–Trinajstić information content (AvgIpc) is 3.52. The van der Waals surface area contributed by atoms with Gasteiger partial charge in [0.15, 0.2) is 0 Å². The maximum absolute atomic E-state index is 9.10. The highest BCUT2D eigenvalue weighted by atomic mass is 16.5. The number of methoxy groups -OCH3 is 1. The lowest BCUT2D eigenvalue weighted by molar-refractivity contribution is -0.159. The van der Waals surface area contributed by atoms with Crippen LogP contribution >= 0.6 is 0 Å². The van der Waals surface area contributed by atoms with Gasteiger partial charge in [-0.3, -0.25) is 4.68 Å². The van der Waals surface area contributed by atoms with Gasteiger partial charge in [-0.15, -0.1) is 0 Å². The van der Waals surface area contributed by atoms with Crippen LogP contribution in [0.25, 0.3) is 11.3 Å². The van der Waals surface area contributed by atoms with Gasteiger partial charge in [0.2, 0.25) is 0 Å². The van der Waals surface area contributed by atoms with Crippen molar-refractivity contribution in [1.82, 2.24) is 15.1 Å². The monoisotopic (exact) mass is 423 g/mol. The fourth-order valence-electron chi connectivity index (χ4n) is 3.00. The molecule has 1 aliphatic rings. The molecule has 0 atom stereocenters. The number of aliphatic carboxylic acids is 2. The van der Waals surface area contributed by atoms with Crippen LogP contribution in [0.1, 0.15) is 24.0 Å². The van der Waals surface area contributed by atoms with E-state index < -0.39 is 11.9 Å². The standard InChI is InChI=1S/C21H23N3O.C2H2O4/c1-25-20-9-5-8-17(12-20)21-18(13-22-19-10-11-19)15-24(23-21)14-16-6-3-2-4-7-16;3-1(4)2(5)6/h2-9,12,15,19,22H,10-11,13-14H2,1H3;(H,3,4)(H,5,6). The van der Waals surface area contributed by atoms with Crippen molar-refractivity contribution < 1.29 is 24.5 Å². The Hall–Kier alpha value is -3.65. The van der Waals surface area contributed by atoms with Gasteiger partial charge in [0.1, 0.15) is 5.75 Å². The predicted molar refractivity (Wildman–Crippen MR) is 115 cm³/mol. The van der Waals surface area contributed by atoms with Crippen LogP contribution in [0.15, 0.2) is 60.8 Å². The topological polar surface area (TPSA) is 114 Å². The molecule has 8 nitrogen and oxygen atoms in total. The molecule has 0 aliphatic heterocycles. The zero-order valence-electron chi connectivity index (χ0n) is 17.2. The van der Waals surface area contributed by atoms with E-state index in [1.807, 2.05) is 22.9 Å². The molecule has 1 fully saturated rings. The molecule has 3 N–H and O–H groups in total.